The second-order valence-corrected chi connectivity index (χ2v) is 4.95. The van der Waals surface area contributed by atoms with E-state index in [0.29, 0.717) is 4.64 Å². The molecule has 0 fully saturated rings. The molecule has 0 atom stereocenters. The molecule has 0 aliphatic rings. The van der Waals surface area contributed by atoms with Crippen molar-refractivity contribution in [1.29, 1.82) is 0 Å². The number of aromatic amines is 1. The number of aryl methyl sites for hydroxylation is 1. The van der Waals surface area contributed by atoms with Gasteiger partial charge in [0.05, 0.1) is 11.6 Å². The molecule has 0 aliphatic heterocycles. The first kappa shape index (κ1) is 13.2. The monoisotopic (exact) mass is 324 g/mol. The van der Waals surface area contributed by atoms with Crippen LogP contribution < -0.4 is 4.74 Å². The maximum atomic E-state index is 5.25. The zero-order valence-corrected chi connectivity index (χ0v) is 12.6. The molecule has 5 heteroatoms. The normalized spacial score (nSPS) is 10.4. The molecule has 94 valence electrons. The van der Waals surface area contributed by atoms with Crippen LogP contribution in [0.25, 0.3) is 11.4 Å². The van der Waals surface area contributed by atoms with Gasteiger partial charge in [0.2, 0.25) is 0 Å². The molecule has 0 aliphatic carbocycles. The Bertz CT molecular complexity index is 625. The Labute approximate surface area is 119 Å². The van der Waals surface area contributed by atoms with Gasteiger partial charge in [-0.3, -0.25) is 0 Å². The molecular formula is C13H13BrN2OS. The highest BCUT2D eigenvalue weighted by Crippen LogP contribution is 2.24. The van der Waals surface area contributed by atoms with Crippen LogP contribution in [0.1, 0.15) is 12.6 Å². The van der Waals surface area contributed by atoms with Crippen molar-refractivity contribution >= 4 is 28.1 Å². The third-order valence-electron chi connectivity index (χ3n) is 2.63. The molecule has 0 bridgehead atoms. The van der Waals surface area contributed by atoms with E-state index in [1.165, 1.54) is 0 Å². The lowest BCUT2D eigenvalue weighted by atomic mass is 10.2. The van der Waals surface area contributed by atoms with E-state index in [9.17, 15) is 0 Å². The van der Waals surface area contributed by atoms with Gasteiger partial charge in [0.15, 0.2) is 0 Å². The molecule has 2 aromatic rings. The molecule has 0 saturated carbocycles. The van der Waals surface area contributed by atoms with Gasteiger partial charge < -0.3 is 9.72 Å². The van der Waals surface area contributed by atoms with E-state index in [0.717, 1.165) is 33.7 Å². The Hall–Kier alpha value is -1.20. The van der Waals surface area contributed by atoms with E-state index in [1.54, 1.807) is 7.11 Å². The van der Waals surface area contributed by atoms with Gasteiger partial charge in [-0.15, -0.1) is 0 Å². The lowest BCUT2D eigenvalue weighted by Gasteiger charge is -2.08. The average molecular weight is 325 g/mol. The summed E-state index contributed by atoms with van der Waals surface area (Å²) in [5.41, 5.74) is 2.01. The number of hydrogen-bond donors (Lipinski definition) is 1. The summed E-state index contributed by atoms with van der Waals surface area (Å²) < 4.78 is 6.65. The highest BCUT2D eigenvalue weighted by molar-refractivity contribution is 9.10. The minimum absolute atomic E-state index is 0.573. The predicted molar refractivity (Wildman–Crippen MR) is 78.5 cm³/mol. The number of aromatic nitrogens is 2. The zero-order chi connectivity index (χ0) is 13.1. The van der Waals surface area contributed by atoms with Gasteiger partial charge in [-0.05, 0) is 34.5 Å². The fourth-order valence-electron chi connectivity index (χ4n) is 1.66. The van der Waals surface area contributed by atoms with Crippen molar-refractivity contribution in [3.63, 3.8) is 0 Å². The van der Waals surface area contributed by atoms with Crippen molar-refractivity contribution in [2.75, 3.05) is 7.11 Å². The quantitative estimate of drug-likeness (QED) is 0.862. The fourth-order valence-corrected chi connectivity index (χ4v) is 2.34. The average Bonchev–Trinajstić information content (AvgIpc) is 2.41. The van der Waals surface area contributed by atoms with Crippen LogP contribution in [0.15, 0.2) is 28.7 Å². The van der Waals surface area contributed by atoms with Crippen LogP contribution in [0.2, 0.25) is 0 Å². The summed E-state index contributed by atoms with van der Waals surface area (Å²) in [6.07, 6.45) is 0.865. The zero-order valence-electron chi connectivity index (χ0n) is 10.2. The molecule has 0 saturated heterocycles. The highest BCUT2D eigenvalue weighted by atomic mass is 79.9. The van der Waals surface area contributed by atoms with Crippen LogP contribution in [-0.2, 0) is 6.42 Å². The summed E-state index contributed by atoms with van der Waals surface area (Å²) in [6, 6.07) is 7.74. The van der Waals surface area contributed by atoms with Crippen LogP contribution in [-0.4, -0.2) is 17.1 Å². The Kier molecular flexibility index (Phi) is 4.14. The topological polar surface area (TPSA) is 37.9 Å². The maximum Gasteiger partial charge on any atom is 0.144 e. The number of nitrogens with zero attached hydrogens (tertiary/aromatic N) is 1. The first-order valence-corrected chi connectivity index (χ1v) is 6.79. The number of H-pyrrole nitrogens is 1. The number of methoxy groups -OCH3 is 1. The van der Waals surface area contributed by atoms with Crippen LogP contribution in [0, 0.1) is 4.64 Å². The summed E-state index contributed by atoms with van der Waals surface area (Å²) in [5.74, 6) is 1.56. The number of benzene rings is 1. The number of hydrogen-bond acceptors (Lipinski definition) is 3. The van der Waals surface area contributed by atoms with Gasteiger partial charge >= 0.3 is 0 Å². The van der Waals surface area contributed by atoms with Crippen molar-refractivity contribution in [3.05, 3.63) is 39.1 Å². The standard InChI is InChI=1S/C13H13BrN2OS/c1-3-10-11(14)13(18)16-12(15-10)8-5-4-6-9(7-8)17-2/h4-7H,3H2,1-2H3,(H,15,16,18). The van der Waals surface area contributed by atoms with Crippen LogP contribution in [0.4, 0.5) is 0 Å². The molecule has 0 amide bonds. The Morgan fingerprint density at radius 2 is 2.22 bits per heavy atom. The molecule has 1 heterocycles. The first-order valence-electron chi connectivity index (χ1n) is 5.58. The van der Waals surface area contributed by atoms with Gasteiger partial charge in [0.1, 0.15) is 16.2 Å². The third kappa shape index (κ3) is 2.62. The maximum absolute atomic E-state index is 5.25. The van der Waals surface area contributed by atoms with Crippen molar-refractivity contribution in [2.45, 2.75) is 13.3 Å². The van der Waals surface area contributed by atoms with Crippen LogP contribution in [0.5, 0.6) is 5.75 Å². The van der Waals surface area contributed by atoms with Crippen molar-refractivity contribution in [3.8, 4) is 17.1 Å². The molecular weight excluding hydrogens is 312 g/mol. The van der Waals surface area contributed by atoms with Gasteiger partial charge in [-0.25, -0.2) is 4.98 Å². The van der Waals surface area contributed by atoms with Crippen molar-refractivity contribution in [2.24, 2.45) is 0 Å². The lowest BCUT2D eigenvalue weighted by Crippen LogP contribution is -1.97. The summed E-state index contributed by atoms with van der Waals surface area (Å²) in [5, 5.41) is 0. The summed E-state index contributed by atoms with van der Waals surface area (Å²) in [4.78, 5) is 7.67. The lowest BCUT2D eigenvalue weighted by molar-refractivity contribution is 0.415. The molecule has 18 heavy (non-hydrogen) atoms. The minimum atomic E-state index is 0.573. The molecule has 1 aromatic carbocycles. The molecule has 0 spiro atoms. The summed E-state index contributed by atoms with van der Waals surface area (Å²) in [7, 11) is 1.65. The van der Waals surface area contributed by atoms with E-state index >= 15 is 0 Å². The van der Waals surface area contributed by atoms with Crippen molar-refractivity contribution in [1.82, 2.24) is 9.97 Å². The van der Waals surface area contributed by atoms with Crippen molar-refractivity contribution < 1.29 is 4.74 Å². The second kappa shape index (κ2) is 5.63. The van der Waals surface area contributed by atoms with Crippen LogP contribution >= 0.6 is 28.1 Å². The predicted octanol–water partition coefficient (Wildman–Crippen LogP) is 4.14. The Morgan fingerprint density at radius 1 is 1.44 bits per heavy atom. The Morgan fingerprint density at radius 3 is 2.89 bits per heavy atom. The number of nitrogens with one attached hydrogen (secondary N) is 1. The molecule has 1 aromatic heterocycles. The number of rotatable bonds is 3. The van der Waals surface area contributed by atoms with E-state index in [-0.39, 0.29) is 0 Å². The SMILES string of the molecule is CCc1[nH]c(-c2cccc(OC)c2)nc(=S)c1Br. The summed E-state index contributed by atoms with van der Waals surface area (Å²) >= 11 is 8.70. The Balaban J connectivity index is 2.57. The van der Waals surface area contributed by atoms with E-state index in [1.807, 2.05) is 24.3 Å². The van der Waals surface area contributed by atoms with E-state index < -0.39 is 0 Å². The molecule has 0 unspecified atom stereocenters. The van der Waals surface area contributed by atoms with E-state index in [2.05, 4.69) is 32.8 Å². The third-order valence-corrected chi connectivity index (χ3v) is 4.04. The van der Waals surface area contributed by atoms with Gasteiger partial charge in [-0.1, -0.05) is 31.3 Å². The first-order chi connectivity index (χ1) is 8.65. The number of ether oxygens (including phenoxy) is 1. The molecule has 3 nitrogen and oxygen atoms in total. The molecule has 0 radical (unpaired) electrons. The van der Waals surface area contributed by atoms with Gasteiger partial charge in [0.25, 0.3) is 0 Å². The fraction of sp³-hybridized carbons (Fsp3) is 0.231. The largest absolute Gasteiger partial charge is 0.497 e. The smallest absolute Gasteiger partial charge is 0.144 e. The second-order valence-electron chi connectivity index (χ2n) is 3.77. The van der Waals surface area contributed by atoms with E-state index in [4.69, 9.17) is 17.0 Å². The molecule has 2 rings (SSSR count). The van der Waals surface area contributed by atoms with Gasteiger partial charge in [-0.2, -0.15) is 0 Å². The minimum Gasteiger partial charge on any atom is -0.497 e. The van der Waals surface area contributed by atoms with Gasteiger partial charge in [0, 0.05) is 11.3 Å². The highest BCUT2D eigenvalue weighted by Gasteiger charge is 2.07. The molecule has 1 N–H and O–H groups in total. The summed E-state index contributed by atoms with van der Waals surface area (Å²) in [6.45, 7) is 2.07. The number of halogens is 1. The van der Waals surface area contributed by atoms with Crippen LogP contribution in [0.3, 0.4) is 0 Å².